The average molecular weight is 350 g/mol. The molecule has 0 saturated carbocycles. The first-order valence-corrected chi connectivity index (χ1v) is 8.67. The smallest absolute Gasteiger partial charge is 0.245 e. The van der Waals surface area contributed by atoms with Crippen molar-refractivity contribution in [2.45, 2.75) is 11.8 Å². The number of benzene rings is 2. The molecule has 0 aliphatic rings. The molecule has 0 saturated heterocycles. The molecule has 0 aliphatic heterocycles. The van der Waals surface area contributed by atoms with Gasteiger partial charge in [-0.05, 0) is 42.8 Å². The summed E-state index contributed by atoms with van der Waals surface area (Å²) in [5, 5.41) is 0.585. The second-order valence-electron chi connectivity index (χ2n) is 4.79. The van der Waals surface area contributed by atoms with Gasteiger partial charge in [-0.3, -0.25) is 0 Å². The lowest BCUT2D eigenvalue weighted by Crippen LogP contribution is -2.24. The Balaban J connectivity index is 2.13. The zero-order chi connectivity index (χ0) is 16.9. The molecule has 4 nitrogen and oxygen atoms in total. The summed E-state index contributed by atoms with van der Waals surface area (Å²) < 4.78 is 32.3. The zero-order valence-electron chi connectivity index (χ0n) is 12.8. The van der Waals surface area contributed by atoms with E-state index in [0.717, 1.165) is 11.1 Å². The Morgan fingerprint density at radius 2 is 2.00 bits per heavy atom. The van der Waals surface area contributed by atoms with Gasteiger partial charge in [-0.15, -0.1) is 0 Å². The van der Waals surface area contributed by atoms with E-state index >= 15 is 0 Å². The molecule has 6 heteroatoms. The third kappa shape index (κ3) is 4.73. The van der Waals surface area contributed by atoms with E-state index in [2.05, 4.69) is 16.6 Å². The predicted octanol–water partition coefficient (Wildman–Crippen LogP) is 2.99. The van der Waals surface area contributed by atoms with Gasteiger partial charge in [0.2, 0.25) is 10.0 Å². The van der Waals surface area contributed by atoms with Crippen LogP contribution in [0.2, 0.25) is 5.02 Å². The lowest BCUT2D eigenvalue weighted by atomic mass is 10.2. The third-order valence-corrected chi connectivity index (χ3v) is 4.67. The van der Waals surface area contributed by atoms with Crippen molar-refractivity contribution in [3.05, 3.63) is 58.6 Å². The van der Waals surface area contributed by atoms with E-state index in [9.17, 15) is 8.42 Å². The molecule has 0 unspecified atom stereocenters. The standard InChI is InChI=1S/C17H16ClNO3S/c1-13-8-9-16(22-2)17(11-13)23(20,21)19-10-4-6-14-5-3-7-15(18)12-14/h3,5,7-9,11-12,19H,10H2,1-2H3. The van der Waals surface area contributed by atoms with Crippen molar-refractivity contribution in [3.63, 3.8) is 0 Å². The Bertz CT molecular complexity index is 867. The highest BCUT2D eigenvalue weighted by molar-refractivity contribution is 7.89. The topological polar surface area (TPSA) is 55.4 Å². The number of methoxy groups -OCH3 is 1. The molecule has 0 spiro atoms. The Morgan fingerprint density at radius 3 is 2.70 bits per heavy atom. The number of hydrogen-bond acceptors (Lipinski definition) is 3. The summed E-state index contributed by atoms with van der Waals surface area (Å²) in [7, 11) is -2.26. The summed E-state index contributed by atoms with van der Waals surface area (Å²) in [6.07, 6.45) is 0. The molecule has 2 aromatic carbocycles. The summed E-state index contributed by atoms with van der Waals surface area (Å²) in [5.41, 5.74) is 1.56. The monoisotopic (exact) mass is 349 g/mol. The third-order valence-electron chi connectivity index (χ3n) is 3.02. The van der Waals surface area contributed by atoms with Crippen LogP contribution in [0.25, 0.3) is 0 Å². The van der Waals surface area contributed by atoms with Gasteiger partial charge in [0, 0.05) is 10.6 Å². The molecule has 1 N–H and O–H groups in total. The van der Waals surface area contributed by atoms with Gasteiger partial charge >= 0.3 is 0 Å². The maximum atomic E-state index is 12.3. The number of ether oxygens (including phenoxy) is 1. The Kier molecular flexibility index (Phi) is 5.67. The van der Waals surface area contributed by atoms with Crippen molar-refractivity contribution in [3.8, 4) is 17.6 Å². The minimum Gasteiger partial charge on any atom is -0.495 e. The van der Waals surface area contributed by atoms with Crippen molar-refractivity contribution in [2.24, 2.45) is 0 Å². The highest BCUT2D eigenvalue weighted by atomic mass is 35.5. The van der Waals surface area contributed by atoms with E-state index in [4.69, 9.17) is 16.3 Å². The fourth-order valence-electron chi connectivity index (χ4n) is 1.92. The van der Waals surface area contributed by atoms with Gasteiger partial charge in [-0.2, -0.15) is 4.72 Å². The van der Waals surface area contributed by atoms with Crippen molar-refractivity contribution in [1.29, 1.82) is 0 Å². The van der Waals surface area contributed by atoms with Gasteiger partial charge in [0.25, 0.3) is 0 Å². The number of rotatable bonds is 4. The van der Waals surface area contributed by atoms with Gasteiger partial charge in [-0.25, -0.2) is 8.42 Å². The molecule has 0 heterocycles. The van der Waals surface area contributed by atoms with E-state index in [0.29, 0.717) is 10.8 Å². The lowest BCUT2D eigenvalue weighted by Gasteiger charge is -2.10. The summed E-state index contributed by atoms with van der Waals surface area (Å²) >= 11 is 5.87. The molecule has 0 radical (unpaired) electrons. The predicted molar refractivity (Wildman–Crippen MR) is 91.2 cm³/mol. The van der Waals surface area contributed by atoms with Crippen LogP contribution in [-0.4, -0.2) is 22.1 Å². The number of aryl methyl sites for hydroxylation is 1. The fourth-order valence-corrected chi connectivity index (χ4v) is 3.28. The second kappa shape index (κ2) is 7.51. The summed E-state index contributed by atoms with van der Waals surface area (Å²) in [4.78, 5) is 0.101. The first-order valence-electron chi connectivity index (χ1n) is 6.81. The zero-order valence-corrected chi connectivity index (χ0v) is 14.3. The summed E-state index contributed by atoms with van der Waals surface area (Å²) in [5.74, 6) is 5.92. The van der Waals surface area contributed by atoms with Crippen molar-refractivity contribution in [1.82, 2.24) is 4.72 Å². The van der Waals surface area contributed by atoms with Crippen LogP contribution in [-0.2, 0) is 10.0 Å². The average Bonchev–Trinajstić information content (AvgIpc) is 2.52. The van der Waals surface area contributed by atoms with E-state index in [1.807, 2.05) is 6.92 Å². The molecule has 0 aromatic heterocycles. The minimum atomic E-state index is -3.69. The molecule has 0 aliphatic carbocycles. The van der Waals surface area contributed by atoms with Gasteiger partial charge in [0.05, 0.1) is 13.7 Å². The molecule has 0 fully saturated rings. The first-order chi connectivity index (χ1) is 10.9. The normalized spacial score (nSPS) is 10.7. The summed E-state index contributed by atoms with van der Waals surface area (Å²) in [6, 6.07) is 12.0. The van der Waals surface area contributed by atoms with E-state index in [-0.39, 0.29) is 11.4 Å². The highest BCUT2D eigenvalue weighted by Crippen LogP contribution is 2.24. The molecule has 120 valence electrons. The van der Waals surface area contributed by atoms with Crippen molar-refractivity contribution >= 4 is 21.6 Å². The first kappa shape index (κ1) is 17.4. The van der Waals surface area contributed by atoms with Crippen LogP contribution in [0.3, 0.4) is 0 Å². The maximum Gasteiger partial charge on any atom is 0.245 e. The summed E-state index contributed by atoms with van der Waals surface area (Å²) in [6.45, 7) is 1.81. The number of sulfonamides is 1. The number of nitrogens with one attached hydrogen (secondary N) is 1. The van der Waals surface area contributed by atoms with Crippen LogP contribution in [0.15, 0.2) is 47.4 Å². The van der Waals surface area contributed by atoms with E-state index in [1.165, 1.54) is 7.11 Å². The van der Waals surface area contributed by atoms with Crippen molar-refractivity contribution < 1.29 is 13.2 Å². The van der Waals surface area contributed by atoms with Crippen LogP contribution in [0.4, 0.5) is 0 Å². The SMILES string of the molecule is COc1ccc(C)cc1S(=O)(=O)NCC#Cc1cccc(Cl)c1. The molecule has 2 aromatic rings. The fraction of sp³-hybridized carbons (Fsp3) is 0.176. The molecule has 0 atom stereocenters. The second-order valence-corrected chi connectivity index (χ2v) is 6.96. The van der Waals surface area contributed by atoms with Crippen LogP contribution < -0.4 is 9.46 Å². The Labute approximate surface area is 141 Å². The number of halogens is 1. The number of hydrogen-bond donors (Lipinski definition) is 1. The van der Waals surface area contributed by atoms with Crippen LogP contribution in [0.1, 0.15) is 11.1 Å². The Hall–Kier alpha value is -2.00. The maximum absolute atomic E-state index is 12.3. The van der Waals surface area contributed by atoms with E-state index in [1.54, 1.807) is 42.5 Å². The Morgan fingerprint density at radius 1 is 1.22 bits per heavy atom. The van der Waals surface area contributed by atoms with Gasteiger partial charge < -0.3 is 4.74 Å². The highest BCUT2D eigenvalue weighted by Gasteiger charge is 2.18. The van der Waals surface area contributed by atoms with Gasteiger partial charge in [0.15, 0.2) is 0 Å². The van der Waals surface area contributed by atoms with Crippen LogP contribution in [0, 0.1) is 18.8 Å². The molecule has 0 bridgehead atoms. The molecular formula is C17H16ClNO3S. The lowest BCUT2D eigenvalue weighted by molar-refractivity contribution is 0.402. The minimum absolute atomic E-state index is 0.00799. The van der Waals surface area contributed by atoms with Crippen molar-refractivity contribution in [2.75, 3.05) is 13.7 Å². The van der Waals surface area contributed by atoms with Gasteiger partial charge in [0.1, 0.15) is 10.6 Å². The van der Waals surface area contributed by atoms with Gasteiger partial charge in [-0.1, -0.05) is 35.6 Å². The molecule has 23 heavy (non-hydrogen) atoms. The van der Waals surface area contributed by atoms with Crippen LogP contribution in [0.5, 0.6) is 5.75 Å². The largest absolute Gasteiger partial charge is 0.495 e. The van der Waals surface area contributed by atoms with E-state index < -0.39 is 10.0 Å². The molecule has 0 amide bonds. The molecule has 2 rings (SSSR count). The molecular weight excluding hydrogens is 334 g/mol. The quantitative estimate of drug-likeness (QED) is 0.863. The van der Waals surface area contributed by atoms with Crippen LogP contribution >= 0.6 is 11.6 Å².